The van der Waals surface area contributed by atoms with Gasteiger partial charge in [-0.2, -0.15) is 0 Å². The van der Waals surface area contributed by atoms with Gasteiger partial charge in [-0.3, -0.25) is 4.40 Å². The number of hydrogen-bond donors (Lipinski definition) is 0. The summed E-state index contributed by atoms with van der Waals surface area (Å²) in [6.07, 6.45) is 5.46. The number of imidazole rings is 1. The van der Waals surface area contributed by atoms with Crippen LogP contribution in [0.2, 0.25) is 0 Å². The summed E-state index contributed by atoms with van der Waals surface area (Å²) in [5.74, 6) is 0. The maximum atomic E-state index is 4.22. The van der Waals surface area contributed by atoms with E-state index in [0.29, 0.717) is 0 Å². The molecule has 0 aliphatic heterocycles. The predicted octanol–water partition coefficient (Wildman–Crippen LogP) is 1.74. The van der Waals surface area contributed by atoms with Gasteiger partial charge >= 0.3 is 0 Å². The van der Waals surface area contributed by atoms with Gasteiger partial charge in [0, 0.05) is 24.7 Å². The summed E-state index contributed by atoms with van der Waals surface area (Å²) in [7, 11) is 0. The van der Waals surface area contributed by atoms with Crippen molar-refractivity contribution in [3.05, 3.63) is 30.7 Å². The van der Waals surface area contributed by atoms with Crippen LogP contribution in [0.1, 0.15) is 0 Å². The molecule has 0 saturated heterocycles. The van der Waals surface area contributed by atoms with E-state index < -0.39 is 0 Å². The number of rotatable bonds is 0. The molecular formula is C8H4N3S. The van der Waals surface area contributed by atoms with Gasteiger partial charge in [0.25, 0.3) is 0 Å². The van der Waals surface area contributed by atoms with E-state index in [4.69, 9.17) is 0 Å². The Morgan fingerprint density at radius 2 is 2.33 bits per heavy atom. The summed E-state index contributed by atoms with van der Waals surface area (Å²) >= 11 is 1.58. The Kier molecular flexibility index (Phi) is 1.04. The molecular weight excluding hydrogens is 170 g/mol. The lowest BCUT2D eigenvalue weighted by molar-refractivity contribution is 1.28. The first-order valence-electron chi connectivity index (χ1n) is 3.53. The van der Waals surface area contributed by atoms with Gasteiger partial charge in [-0.1, -0.05) is 11.3 Å². The van der Waals surface area contributed by atoms with Crippen molar-refractivity contribution in [2.75, 3.05) is 0 Å². The molecule has 57 valence electrons. The standard InChI is InChI=1S/C8H4N3S/c1-2-6-7(9-3-1)12-8-10-4-5-11(6)8/h1,3-5H. The maximum Gasteiger partial charge on any atom is 0.196 e. The SMILES string of the molecule is [c]1ccnc2sc3nccn3c12. The van der Waals surface area contributed by atoms with Gasteiger partial charge in [-0.25, -0.2) is 9.97 Å². The highest BCUT2D eigenvalue weighted by molar-refractivity contribution is 7.23. The molecule has 0 aliphatic rings. The fourth-order valence-electron chi connectivity index (χ4n) is 1.21. The molecule has 3 rings (SSSR count). The molecule has 0 aromatic carbocycles. The third-order valence-electron chi connectivity index (χ3n) is 1.72. The molecule has 0 unspecified atom stereocenters. The number of hydrogen-bond acceptors (Lipinski definition) is 3. The second-order valence-corrected chi connectivity index (χ2v) is 3.38. The molecule has 0 fully saturated rings. The molecule has 0 aliphatic carbocycles. The molecule has 3 aromatic rings. The summed E-state index contributed by atoms with van der Waals surface area (Å²) in [6.45, 7) is 0. The van der Waals surface area contributed by atoms with Crippen LogP contribution in [-0.4, -0.2) is 14.4 Å². The van der Waals surface area contributed by atoms with Crippen molar-refractivity contribution in [2.24, 2.45) is 0 Å². The molecule has 3 heterocycles. The molecule has 4 heteroatoms. The average molecular weight is 174 g/mol. The van der Waals surface area contributed by atoms with E-state index in [1.165, 1.54) is 0 Å². The highest BCUT2D eigenvalue weighted by Crippen LogP contribution is 2.21. The Labute approximate surface area is 72.3 Å². The number of fused-ring (bicyclic) bond motifs is 3. The van der Waals surface area contributed by atoms with Gasteiger partial charge in [0.2, 0.25) is 0 Å². The highest BCUT2D eigenvalue weighted by atomic mass is 32.1. The van der Waals surface area contributed by atoms with Crippen molar-refractivity contribution in [1.82, 2.24) is 14.4 Å². The van der Waals surface area contributed by atoms with Crippen LogP contribution in [0.4, 0.5) is 0 Å². The molecule has 0 saturated carbocycles. The monoisotopic (exact) mass is 174 g/mol. The molecule has 3 nitrogen and oxygen atoms in total. The molecule has 0 N–H and O–H groups in total. The first-order chi connectivity index (χ1) is 5.95. The van der Waals surface area contributed by atoms with Crippen LogP contribution >= 0.6 is 11.3 Å². The number of thiazole rings is 1. The molecule has 1 radical (unpaired) electrons. The van der Waals surface area contributed by atoms with Crippen LogP contribution in [0, 0.1) is 6.07 Å². The topological polar surface area (TPSA) is 30.2 Å². The van der Waals surface area contributed by atoms with Gasteiger partial charge < -0.3 is 0 Å². The summed E-state index contributed by atoms with van der Waals surface area (Å²) in [6, 6.07) is 4.94. The van der Waals surface area contributed by atoms with Crippen LogP contribution in [0.25, 0.3) is 15.3 Å². The quantitative estimate of drug-likeness (QED) is 0.519. The van der Waals surface area contributed by atoms with Crippen molar-refractivity contribution >= 4 is 26.6 Å². The Morgan fingerprint density at radius 3 is 3.33 bits per heavy atom. The lowest BCUT2D eigenvalue weighted by atomic mass is 10.4. The minimum absolute atomic E-state index is 0.972. The van der Waals surface area contributed by atoms with Crippen molar-refractivity contribution in [2.45, 2.75) is 0 Å². The molecule has 0 atom stereocenters. The van der Waals surface area contributed by atoms with Gasteiger partial charge in [0.15, 0.2) is 4.96 Å². The van der Waals surface area contributed by atoms with E-state index in [0.717, 1.165) is 15.3 Å². The minimum atomic E-state index is 0.972. The van der Waals surface area contributed by atoms with Crippen LogP contribution in [-0.2, 0) is 0 Å². The molecule has 12 heavy (non-hydrogen) atoms. The van der Waals surface area contributed by atoms with E-state index in [1.807, 2.05) is 16.7 Å². The zero-order chi connectivity index (χ0) is 7.97. The lowest BCUT2D eigenvalue weighted by Gasteiger charge is -1.85. The first-order valence-corrected chi connectivity index (χ1v) is 4.35. The molecule has 3 aromatic heterocycles. The smallest absolute Gasteiger partial charge is 0.196 e. The first kappa shape index (κ1) is 6.14. The van der Waals surface area contributed by atoms with E-state index in [-0.39, 0.29) is 0 Å². The average Bonchev–Trinajstić information content (AvgIpc) is 2.62. The fraction of sp³-hybridized carbons (Fsp3) is 0. The van der Waals surface area contributed by atoms with Gasteiger partial charge in [-0.15, -0.1) is 0 Å². The number of pyridine rings is 1. The summed E-state index contributed by atoms with van der Waals surface area (Å²) in [5.41, 5.74) is 1.01. The Hall–Kier alpha value is -1.42. The Morgan fingerprint density at radius 1 is 1.33 bits per heavy atom. The van der Waals surface area contributed by atoms with Crippen LogP contribution in [0.3, 0.4) is 0 Å². The van der Waals surface area contributed by atoms with E-state index in [1.54, 1.807) is 23.7 Å². The largest absolute Gasteiger partial charge is 0.288 e. The van der Waals surface area contributed by atoms with Crippen molar-refractivity contribution in [1.29, 1.82) is 0 Å². The lowest BCUT2D eigenvalue weighted by Crippen LogP contribution is -1.77. The molecule has 0 bridgehead atoms. The fourth-order valence-corrected chi connectivity index (χ4v) is 2.12. The van der Waals surface area contributed by atoms with E-state index in [9.17, 15) is 0 Å². The van der Waals surface area contributed by atoms with Crippen LogP contribution < -0.4 is 0 Å². The minimum Gasteiger partial charge on any atom is -0.288 e. The highest BCUT2D eigenvalue weighted by Gasteiger charge is 2.03. The maximum absolute atomic E-state index is 4.22. The normalized spacial score (nSPS) is 11.3. The van der Waals surface area contributed by atoms with Gasteiger partial charge in [0.1, 0.15) is 4.83 Å². The van der Waals surface area contributed by atoms with E-state index >= 15 is 0 Å². The second kappa shape index (κ2) is 2.04. The Bertz CT molecular complexity index is 536. The van der Waals surface area contributed by atoms with Crippen LogP contribution in [0.5, 0.6) is 0 Å². The zero-order valence-electron chi connectivity index (χ0n) is 6.06. The summed E-state index contributed by atoms with van der Waals surface area (Å²) in [4.78, 5) is 10.4. The van der Waals surface area contributed by atoms with Crippen molar-refractivity contribution in [3.8, 4) is 0 Å². The third kappa shape index (κ3) is 0.648. The third-order valence-corrected chi connectivity index (χ3v) is 2.70. The van der Waals surface area contributed by atoms with Gasteiger partial charge in [0.05, 0.1) is 5.52 Å². The van der Waals surface area contributed by atoms with Gasteiger partial charge in [-0.05, 0) is 6.07 Å². The second-order valence-electron chi connectivity index (χ2n) is 2.42. The van der Waals surface area contributed by atoms with Crippen LogP contribution in [0.15, 0.2) is 24.7 Å². The zero-order valence-corrected chi connectivity index (χ0v) is 6.88. The number of nitrogens with zero attached hydrogens (tertiary/aromatic N) is 3. The van der Waals surface area contributed by atoms with E-state index in [2.05, 4.69) is 16.0 Å². The van der Waals surface area contributed by atoms with Crippen molar-refractivity contribution in [3.63, 3.8) is 0 Å². The molecule has 0 amide bonds. The van der Waals surface area contributed by atoms with Crippen molar-refractivity contribution < 1.29 is 0 Å². The predicted molar refractivity (Wildman–Crippen MR) is 47.2 cm³/mol. The summed E-state index contributed by atoms with van der Waals surface area (Å²) in [5, 5.41) is 0. The Balaban J connectivity index is 2.68. The molecule has 0 spiro atoms. The summed E-state index contributed by atoms with van der Waals surface area (Å²) < 4.78 is 1.99. The number of aromatic nitrogens is 3.